The monoisotopic (exact) mass is 258 g/mol. The highest BCUT2D eigenvalue weighted by molar-refractivity contribution is 5.94. The van der Waals surface area contributed by atoms with Gasteiger partial charge in [0.05, 0.1) is 5.69 Å². The number of hydrogen-bond donors (Lipinski definition) is 1. The predicted molar refractivity (Wildman–Crippen MR) is 69.0 cm³/mol. The van der Waals surface area contributed by atoms with E-state index < -0.39 is 0 Å². The van der Waals surface area contributed by atoms with E-state index in [2.05, 4.69) is 10.5 Å². The number of nitrogens with zero attached hydrogens (tertiary/aromatic N) is 1. The van der Waals surface area contributed by atoms with Gasteiger partial charge in [0.15, 0.2) is 5.76 Å². The Labute approximate surface area is 110 Å². The molecule has 19 heavy (non-hydrogen) atoms. The van der Waals surface area contributed by atoms with Crippen molar-refractivity contribution in [3.63, 3.8) is 0 Å². The summed E-state index contributed by atoms with van der Waals surface area (Å²) in [7, 11) is 0. The molecule has 0 bridgehead atoms. The molecule has 3 rings (SSSR count). The molecule has 0 aliphatic carbocycles. The molecule has 2 aromatic rings. The standard InChI is InChI=1S/C14H14N2O3/c1-9-6-12(19-16-9)8-18-11-4-2-10-3-5-14(17)15-13(10)7-11/h2,4,6-7H,3,5,8H2,1H3,(H,15,17). The highest BCUT2D eigenvalue weighted by Crippen LogP contribution is 2.27. The summed E-state index contributed by atoms with van der Waals surface area (Å²) in [4.78, 5) is 11.3. The van der Waals surface area contributed by atoms with Crippen molar-refractivity contribution in [3.8, 4) is 5.75 Å². The number of nitrogens with one attached hydrogen (secondary N) is 1. The maximum atomic E-state index is 11.3. The van der Waals surface area contributed by atoms with Crippen LogP contribution in [0.4, 0.5) is 5.69 Å². The number of anilines is 1. The Morgan fingerprint density at radius 1 is 1.37 bits per heavy atom. The number of aromatic nitrogens is 1. The van der Waals surface area contributed by atoms with E-state index in [1.807, 2.05) is 31.2 Å². The lowest BCUT2D eigenvalue weighted by Gasteiger charge is -2.17. The summed E-state index contributed by atoms with van der Waals surface area (Å²) in [5, 5.41) is 6.64. The summed E-state index contributed by atoms with van der Waals surface area (Å²) >= 11 is 0. The van der Waals surface area contributed by atoms with Crippen molar-refractivity contribution in [1.82, 2.24) is 5.16 Å². The first-order valence-corrected chi connectivity index (χ1v) is 6.18. The van der Waals surface area contributed by atoms with Crippen LogP contribution in [0.1, 0.15) is 23.4 Å². The van der Waals surface area contributed by atoms with Gasteiger partial charge >= 0.3 is 0 Å². The number of carbonyl (C=O) groups is 1. The highest BCUT2D eigenvalue weighted by Gasteiger charge is 2.15. The van der Waals surface area contributed by atoms with Crippen LogP contribution in [0.2, 0.25) is 0 Å². The summed E-state index contributed by atoms with van der Waals surface area (Å²) < 4.78 is 10.7. The number of amides is 1. The molecule has 0 saturated carbocycles. The van der Waals surface area contributed by atoms with Crippen molar-refractivity contribution in [1.29, 1.82) is 0 Å². The Balaban J connectivity index is 1.71. The Morgan fingerprint density at radius 2 is 2.26 bits per heavy atom. The second-order valence-corrected chi connectivity index (χ2v) is 4.59. The number of benzene rings is 1. The number of aryl methyl sites for hydroxylation is 2. The van der Waals surface area contributed by atoms with E-state index in [0.29, 0.717) is 24.5 Å². The van der Waals surface area contributed by atoms with Crippen LogP contribution in [0.25, 0.3) is 0 Å². The fraction of sp³-hybridized carbons (Fsp3) is 0.286. The van der Waals surface area contributed by atoms with E-state index in [1.54, 1.807) is 0 Å². The maximum Gasteiger partial charge on any atom is 0.224 e. The molecule has 0 atom stereocenters. The van der Waals surface area contributed by atoms with E-state index in [1.165, 1.54) is 0 Å². The summed E-state index contributed by atoms with van der Waals surface area (Å²) in [5.74, 6) is 1.43. The minimum Gasteiger partial charge on any atom is -0.485 e. The summed E-state index contributed by atoms with van der Waals surface area (Å²) in [6, 6.07) is 7.56. The van der Waals surface area contributed by atoms with Gasteiger partial charge in [-0.3, -0.25) is 4.79 Å². The first-order chi connectivity index (χ1) is 9.20. The fourth-order valence-electron chi connectivity index (χ4n) is 2.08. The average molecular weight is 258 g/mol. The van der Waals surface area contributed by atoms with Crippen LogP contribution >= 0.6 is 0 Å². The number of fused-ring (bicyclic) bond motifs is 1. The zero-order chi connectivity index (χ0) is 13.2. The van der Waals surface area contributed by atoms with Gasteiger partial charge in [0, 0.05) is 24.2 Å². The minimum atomic E-state index is 0.0514. The van der Waals surface area contributed by atoms with Gasteiger partial charge in [-0.05, 0) is 25.0 Å². The molecule has 1 aliphatic rings. The van der Waals surface area contributed by atoms with Gasteiger partial charge in [0.2, 0.25) is 5.91 Å². The smallest absolute Gasteiger partial charge is 0.224 e. The van der Waals surface area contributed by atoms with Gasteiger partial charge in [-0.2, -0.15) is 0 Å². The van der Waals surface area contributed by atoms with Crippen molar-refractivity contribution in [3.05, 3.63) is 41.3 Å². The predicted octanol–water partition coefficient (Wildman–Crippen LogP) is 2.45. The lowest BCUT2D eigenvalue weighted by Crippen LogP contribution is -2.18. The molecule has 2 heterocycles. The molecule has 1 aromatic heterocycles. The second-order valence-electron chi connectivity index (χ2n) is 4.59. The van der Waals surface area contributed by atoms with Crippen LogP contribution in [0.15, 0.2) is 28.8 Å². The molecular weight excluding hydrogens is 244 g/mol. The molecule has 1 N–H and O–H groups in total. The molecular formula is C14H14N2O3. The molecule has 0 radical (unpaired) electrons. The molecule has 0 fully saturated rings. The molecule has 1 aromatic carbocycles. The van der Waals surface area contributed by atoms with Crippen LogP contribution in [0.3, 0.4) is 0 Å². The van der Waals surface area contributed by atoms with Crippen LogP contribution in [-0.4, -0.2) is 11.1 Å². The molecule has 98 valence electrons. The molecule has 1 amide bonds. The molecule has 0 unspecified atom stereocenters. The summed E-state index contributed by atoms with van der Waals surface area (Å²) in [6.45, 7) is 2.19. The van der Waals surface area contributed by atoms with E-state index in [-0.39, 0.29) is 5.91 Å². The Hall–Kier alpha value is -2.30. The Morgan fingerprint density at radius 3 is 3.05 bits per heavy atom. The SMILES string of the molecule is Cc1cc(COc2ccc3c(c2)NC(=O)CC3)on1. The van der Waals surface area contributed by atoms with Gasteiger partial charge in [0.25, 0.3) is 0 Å². The second kappa shape index (κ2) is 4.76. The summed E-state index contributed by atoms with van der Waals surface area (Å²) in [5.41, 5.74) is 2.81. The van der Waals surface area contributed by atoms with Gasteiger partial charge in [-0.25, -0.2) is 0 Å². The minimum absolute atomic E-state index is 0.0514. The van der Waals surface area contributed by atoms with Crippen molar-refractivity contribution < 1.29 is 14.1 Å². The van der Waals surface area contributed by atoms with E-state index in [4.69, 9.17) is 9.26 Å². The number of ether oxygens (including phenoxy) is 1. The van der Waals surface area contributed by atoms with E-state index >= 15 is 0 Å². The quantitative estimate of drug-likeness (QED) is 0.918. The van der Waals surface area contributed by atoms with Crippen LogP contribution in [0.5, 0.6) is 5.75 Å². The normalized spacial score (nSPS) is 13.8. The van der Waals surface area contributed by atoms with Gasteiger partial charge in [-0.1, -0.05) is 11.2 Å². The zero-order valence-corrected chi connectivity index (χ0v) is 10.6. The zero-order valence-electron chi connectivity index (χ0n) is 10.6. The maximum absolute atomic E-state index is 11.3. The fourth-order valence-corrected chi connectivity index (χ4v) is 2.08. The first-order valence-electron chi connectivity index (χ1n) is 6.18. The van der Waals surface area contributed by atoms with Crippen LogP contribution in [-0.2, 0) is 17.8 Å². The number of hydrogen-bond acceptors (Lipinski definition) is 4. The van der Waals surface area contributed by atoms with Gasteiger partial charge < -0.3 is 14.6 Å². The molecule has 1 aliphatic heterocycles. The average Bonchev–Trinajstić information content (AvgIpc) is 2.81. The van der Waals surface area contributed by atoms with Crippen molar-refractivity contribution >= 4 is 11.6 Å². The van der Waals surface area contributed by atoms with Crippen molar-refractivity contribution in [2.24, 2.45) is 0 Å². The molecule has 0 saturated heterocycles. The largest absolute Gasteiger partial charge is 0.485 e. The molecule has 0 spiro atoms. The van der Waals surface area contributed by atoms with E-state index in [0.717, 1.165) is 23.4 Å². The number of carbonyl (C=O) groups excluding carboxylic acids is 1. The molecule has 5 nitrogen and oxygen atoms in total. The van der Waals surface area contributed by atoms with Crippen LogP contribution in [0, 0.1) is 6.92 Å². The third kappa shape index (κ3) is 2.59. The van der Waals surface area contributed by atoms with Crippen LogP contribution < -0.4 is 10.1 Å². The lowest BCUT2D eigenvalue weighted by molar-refractivity contribution is -0.116. The summed E-state index contributed by atoms with van der Waals surface area (Å²) in [6.07, 6.45) is 1.33. The topological polar surface area (TPSA) is 64.4 Å². The third-order valence-electron chi connectivity index (χ3n) is 3.03. The first kappa shape index (κ1) is 11.8. The Kier molecular flexibility index (Phi) is 2.95. The van der Waals surface area contributed by atoms with E-state index in [9.17, 15) is 4.79 Å². The van der Waals surface area contributed by atoms with Crippen molar-refractivity contribution in [2.75, 3.05) is 5.32 Å². The lowest BCUT2D eigenvalue weighted by atomic mass is 10.0. The van der Waals surface area contributed by atoms with Crippen molar-refractivity contribution in [2.45, 2.75) is 26.4 Å². The Bertz CT molecular complexity index is 619. The highest BCUT2D eigenvalue weighted by atomic mass is 16.5. The molecule has 5 heteroatoms. The van der Waals surface area contributed by atoms with Gasteiger partial charge in [-0.15, -0.1) is 0 Å². The third-order valence-corrected chi connectivity index (χ3v) is 3.03. The van der Waals surface area contributed by atoms with Gasteiger partial charge in [0.1, 0.15) is 12.4 Å². The number of rotatable bonds is 3.